The number of halogens is 1. The number of hydrogen-bond acceptors (Lipinski definition) is 3. The van der Waals surface area contributed by atoms with E-state index in [1.165, 1.54) is 0 Å². The van der Waals surface area contributed by atoms with Gasteiger partial charge < -0.3 is 15.7 Å². The van der Waals surface area contributed by atoms with Crippen LogP contribution in [0.3, 0.4) is 0 Å². The van der Waals surface area contributed by atoms with Crippen molar-refractivity contribution in [1.82, 2.24) is 0 Å². The second-order valence-electron chi connectivity index (χ2n) is 4.39. The predicted molar refractivity (Wildman–Crippen MR) is 84.2 cm³/mol. The van der Waals surface area contributed by atoms with E-state index < -0.39 is 0 Å². The molecule has 0 aliphatic heterocycles. The molecule has 1 aromatic rings. The molecule has 1 rings (SSSR count). The summed E-state index contributed by atoms with van der Waals surface area (Å²) in [6.07, 6.45) is 0.752. The minimum atomic E-state index is 0.200. The maximum atomic E-state index is 8.96. The van der Waals surface area contributed by atoms with Gasteiger partial charge in [-0.05, 0) is 54.4 Å². The van der Waals surface area contributed by atoms with Crippen LogP contribution >= 0.6 is 28.1 Å². The number of rotatable bonds is 6. The fraction of sp³-hybridized carbons (Fsp3) is 0.462. The van der Waals surface area contributed by atoms with Crippen LogP contribution in [0, 0.1) is 0 Å². The summed E-state index contributed by atoms with van der Waals surface area (Å²) in [4.78, 5) is 2.64. The monoisotopic (exact) mass is 330 g/mol. The second kappa shape index (κ2) is 7.07. The third-order valence-electron chi connectivity index (χ3n) is 2.72. The summed E-state index contributed by atoms with van der Waals surface area (Å²) >= 11 is 8.52. The molecule has 0 saturated heterocycles. The highest BCUT2D eigenvalue weighted by Gasteiger charge is 2.13. The van der Waals surface area contributed by atoms with Crippen molar-refractivity contribution >= 4 is 38.8 Å². The molecule has 0 aliphatic rings. The van der Waals surface area contributed by atoms with Crippen molar-refractivity contribution in [3.8, 4) is 0 Å². The molecule has 0 radical (unpaired) electrons. The number of thiocarbonyl (C=S) groups is 1. The quantitative estimate of drug-likeness (QED) is 0.787. The molecule has 0 bridgehead atoms. The van der Waals surface area contributed by atoms with Crippen molar-refractivity contribution < 1.29 is 5.11 Å². The van der Waals surface area contributed by atoms with Crippen molar-refractivity contribution in [3.05, 3.63) is 28.2 Å². The van der Waals surface area contributed by atoms with Gasteiger partial charge >= 0.3 is 0 Å². The Balaban J connectivity index is 3.01. The molecule has 0 amide bonds. The Morgan fingerprint density at radius 2 is 2.17 bits per heavy atom. The third-order valence-corrected chi connectivity index (χ3v) is 3.59. The van der Waals surface area contributed by atoms with Gasteiger partial charge in [-0.2, -0.15) is 0 Å². The molecule has 0 aliphatic carbocycles. The third kappa shape index (κ3) is 3.93. The van der Waals surface area contributed by atoms with Gasteiger partial charge in [0.25, 0.3) is 0 Å². The summed E-state index contributed by atoms with van der Waals surface area (Å²) in [7, 11) is 0. The highest BCUT2D eigenvalue weighted by atomic mass is 79.9. The van der Waals surface area contributed by atoms with Gasteiger partial charge in [0.2, 0.25) is 0 Å². The first-order valence-corrected chi connectivity index (χ1v) is 7.14. The highest BCUT2D eigenvalue weighted by Crippen LogP contribution is 2.29. The van der Waals surface area contributed by atoms with Gasteiger partial charge in [-0.3, -0.25) is 0 Å². The number of anilines is 1. The Morgan fingerprint density at radius 1 is 1.50 bits per heavy atom. The molecule has 0 heterocycles. The Labute approximate surface area is 122 Å². The average Bonchev–Trinajstić information content (AvgIpc) is 2.30. The first kappa shape index (κ1) is 15.4. The number of nitrogens with two attached hydrogens (primary N) is 1. The van der Waals surface area contributed by atoms with Gasteiger partial charge in [0.05, 0.1) is 5.69 Å². The van der Waals surface area contributed by atoms with Gasteiger partial charge in [-0.1, -0.05) is 12.2 Å². The van der Waals surface area contributed by atoms with Crippen LogP contribution in [0.5, 0.6) is 0 Å². The molecule has 3 N–H and O–H groups in total. The molecular formula is C13H19BrN2OS. The van der Waals surface area contributed by atoms with E-state index in [1.54, 1.807) is 0 Å². The summed E-state index contributed by atoms with van der Waals surface area (Å²) in [6.45, 7) is 5.28. The molecule has 5 heteroatoms. The molecule has 3 nitrogen and oxygen atoms in total. The van der Waals surface area contributed by atoms with Crippen LogP contribution < -0.4 is 10.6 Å². The van der Waals surface area contributed by atoms with E-state index in [1.807, 2.05) is 18.2 Å². The minimum absolute atomic E-state index is 0.200. The summed E-state index contributed by atoms with van der Waals surface area (Å²) in [5.41, 5.74) is 7.56. The van der Waals surface area contributed by atoms with Crippen LogP contribution in [-0.2, 0) is 0 Å². The number of aliphatic hydroxyl groups excluding tert-OH is 1. The van der Waals surface area contributed by atoms with Crippen molar-refractivity contribution in [2.24, 2.45) is 5.73 Å². The Bertz CT molecular complexity index is 423. The molecule has 0 saturated carbocycles. The number of benzene rings is 1. The molecule has 0 fully saturated rings. The van der Waals surface area contributed by atoms with Crippen molar-refractivity contribution in [3.63, 3.8) is 0 Å². The topological polar surface area (TPSA) is 49.5 Å². The highest BCUT2D eigenvalue weighted by molar-refractivity contribution is 9.10. The van der Waals surface area contributed by atoms with Crippen LogP contribution in [0.1, 0.15) is 25.8 Å². The van der Waals surface area contributed by atoms with Gasteiger partial charge in [0, 0.05) is 29.2 Å². The summed E-state index contributed by atoms with van der Waals surface area (Å²) in [5.74, 6) is 0. The number of aliphatic hydroxyl groups is 1. The Morgan fingerprint density at radius 3 is 2.61 bits per heavy atom. The zero-order valence-electron chi connectivity index (χ0n) is 10.7. The molecule has 0 unspecified atom stereocenters. The van der Waals surface area contributed by atoms with Crippen molar-refractivity contribution in [1.29, 1.82) is 0 Å². The average molecular weight is 331 g/mol. The smallest absolute Gasteiger partial charge is 0.104 e. The van der Waals surface area contributed by atoms with Gasteiger partial charge in [-0.15, -0.1) is 0 Å². The molecule has 1 aromatic carbocycles. The van der Waals surface area contributed by atoms with Crippen LogP contribution in [-0.4, -0.2) is 29.3 Å². The van der Waals surface area contributed by atoms with E-state index in [4.69, 9.17) is 23.1 Å². The van der Waals surface area contributed by atoms with Crippen molar-refractivity contribution in [2.45, 2.75) is 26.3 Å². The second-order valence-corrected chi connectivity index (χ2v) is 5.69. The van der Waals surface area contributed by atoms with E-state index in [-0.39, 0.29) is 6.61 Å². The molecule has 0 aromatic heterocycles. The molecule has 0 atom stereocenters. The van der Waals surface area contributed by atoms with E-state index >= 15 is 0 Å². The SMILES string of the molecule is CC(C)N(CCCO)c1ccc(C(N)=S)cc1Br. The van der Waals surface area contributed by atoms with E-state index in [2.05, 4.69) is 34.7 Å². The standard InChI is InChI=1S/C13H19BrN2OS/c1-9(2)16(6-3-7-17)12-5-4-10(13(15)18)8-11(12)14/h4-5,8-9,17H,3,6-7H2,1-2H3,(H2,15,18). The van der Waals surface area contributed by atoms with Gasteiger partial charge in [-0.25, -0.2) is 0 Å². The zero-order valence-corrected chi connectivity index (χ0v) is 13.1. The largest absolute Gasteiger partial charge is 0.396 e. The maximum absolute atomic E-state index is 8.96. The van der Waals surface area contributed by atoms with Gasteiger partial charge in [0.1, 0.15) is 4.99 Å². The lowest BCUT2D eigenvalue weighted by Gasteiger charge is -2.30. The van der Waals surface area contributed by atoms with Crippen LogP contribution in [0.15, 0.2) is 22.7 Å². The molecule has 100 valence electrons. The fourth-order valence-electron chi connectivity index (χ4n) is 1.79. The lowest BCUT2D eigenvalue weighted by atomic mass is 10.1. The van der Waals surface area contributed by atoms with Crippen LogP contribution in [0.25, 0.3) is 0 Å². The van der Waals surface area contributed by atoms with Gasteiger partial charge in [0.15, 0.2) is 0 Å². The Kier molecular flexibility index (Phi) is 6.05. The van der Waals surface area contributed by atoms with E-state index in [9.17, 15) is 0 Å². The summed E-state index contributed by atoms with van der Waals surface area (Å²) < 4.78 is 0.972. The van der Waals surface area contributed by atoms with Crippen LogP contribution in [0.4, 0.5) is 5.69 Å². The van der Waals surface area contributed by atoms with Crippen molar-refractivity contribution in [2.75, 3.05) is 18.1 Å². The number of nitrogens with zero attached hydrogens (tertiary/aromatic N) is 1. The zero-order chi connectivity index (χ0) is 13.7. The first-order chi connectivity index (χ1) is 8.47. The minimum Gasteiger partial charge on any atom is -0.396 e. The van der Waals surface area contributed by atoms with E-state index in [0.717, 1.165) is 28.7 Å². The molecule has 18 heavy (non-hydrogen) atoms. The molecular weight excluding hydrogens is 312 g/mol. The number of hydrogen-bond donors (Lipinski definition) is 2. The lowest BCUT2D eigenvalue weighted by Crippen LogP contribution is -2.32. The summed E-state index contributed by atoms with van der Waals surface area (Å²) in [5, 5.41) is 8.96. The fourth-order valence-corrected chi connectivity index (χ4v) is 2.52. The lowest BCUT2D eigenvalue weighted by molar-refractivity contribution is 0.288. The molecule has 0 spiro atoms. The summed E-state index contributed by atoms with van der Waals surface area (Å²) in [6, 6.07) is 6.24. The first-order valence-electron chi connectivity index (χ1n) is 5.94. The van der Waals surface area contributed by atoms with E-state index in [0.29, 0.717) is 11.0 Å². The predicted octanol–water partition coefficient (Wildman–Crippen LogP) is 2.68. The Hall–Kier alpha value is -0.650. The normalized spacial score (nSPS) is 10.7. The van der Waals surface area contributed by atoms with Crippen LogP contribution in [0.2, 0.25) is 0 Å². The maximum Gasteiger partial charge on any atom is 0.104 e.